The minimum atomic E-state index is -2.34. The van der Waals surface area contributed by atoms with E-state index in [4.69, 9.17) is 0 Å². The molecular formula is C13H16F2O. The summed E-state index contributed by atoms with van der Waals surface area (Å²) in [5.74, 6) is 1.61. The molecule has 1 N–H and O–H groups in total. The predicted molar refractivity (Wildman–Crippen MR) is 54.8 cm³/mol. The summed E-state index contributed by atoms with van der Waals surface area (Å²) in [7, 11) is 0. The fourth-order valence-electron chi connectivity index (χ4n) is 5.39. The molecule has 8 atom stereocenters. The number of alkyl halides is 2. The van der Waals surface area contributed by atoms with Gasteiger partial charge in [0.05, 0.1) is 6.10 Å². The van der Waals surface area contributed by atoms with Crippen molar-refractivity contribution in [2.24, 2.45) is 41.4 Å². The zero-order valence-electron chi connectivity index (χ0n) is 8.97. The minimum Gasteiger partial charge on any atom is -0.392 e. The highest BCUT2D eigenvalue weighted by molar-refractivity contribution is 5.22. The van der Waals surface area contributed by atoms with Crippen molar-refractivity contribution in [1.82, 2.24) is 0 Å². The zero-order valence-corrected chi connectivity index (χ0v) is 8.97. The second-order valence-electron chi connectivity index (χ2n) is 6.07. The molecule has 0 aromatic carbocycles. The summed E-state index contributed by atoms with van der Waals surface area (Å²) >= 11 is 0. The third-order valence-corrected chi connectivity index (χ3v) is 5.73. The van der Waals surface area contributed by atoms with E-state index in [1.165, 1.54) is 0 Å². The first kappa shape index (κ1) is 9.58. The lowest BCUT2D eigenvalue weighted by molar-refractivity contribution is -0.0715. The highest BCUT2D eigenvalue weighted by Gasteiger charge is 2.65. The SMILES string of the molecule is OC1C2CC(C1C(F)F)C1C3C=CC(C3)C21. The van der Waals surface area contributed by atoms with Crippen molar-refractivity contribution >= 4 is 0 Å². The molecule has 0 heterocycles. The first-order chi connectivity index (χ1) is 7.68. The predicted octanol–water partition coefficient (Wildman–Crippen LogP) is 2.32. The highest BCUT2D eigenvalue weighted by atomic mass is 19.3. The van der Waals surface area contributed by atoms with Crippen molar-refractivity contribution in [3.63, 3.8) is 0 Å². The average molecular weight is 226 g/mol. The highest BCUT2D eigenvalue weighted by Crippen LogP contribution is 2.67. The molecule has 16 heavy (non-hydrogen) atoms. The van der Waals surface area contributed by atoms with Gasteiger partial charge in [-0.1, -0.05) is 12.2 Å². The van der Waals surface area contributed by atoms with Crippen LogP contribution in [0.2, 0.25) is 0 Å². The van der Waals surface area contributed by atoms with Crippen LogP contribution in [0, 0.1) is 41.4 Å². The molecule has 0 amide bonds. The van der Waals surface area contributed by atoms with Crippen LogP contribution in [0.1, 0.15) is 12.8 Å². The van der Waals surface area contributed by atoms with E-state index in [9.17, 15) is 13.9 Å². The Kier molecular flexibility index (Phi) is 1.72. The number of hydrogen-bond acceptors (Lipinski definition) is 1. The molecule has 0 aromatic heterocycles. The molecule has 3 heteroatoms. The van der Waals surface area contributed by atoms with Crippen LogP contribution >= 0.6 is 0 Å². The maximum absolute atomic E-state index is 13.0. The Labute approximate surface area is 93.5 Å². The summed E-state index contributed by atoms with van der Waals surface area (Å²) in [6, 6.07) is 0. The van der Waals surface area contributed by atoms with Gasteiger partial charge in [0.25, 0.3) is 0 Å². The molecule has 8 unspecified atom stereocenters. The summed E-state index contributed by atoms with van der Waals surface area (Å²) in [5.41, 5.74) is 0. The summed E-state index contributed by atoms with van der Waals surface area (Å²) in [6.07, 6.45) is 3.43. The number of rotatable bonds is 1. The average Bonchev–Trinajstić information content (AvgIpc) is 2.92. The molecule has 4 rings (SSSR count). The number of aliphatic hydroxyl groups is 1. The van der Waals surface area contributed by atoms with E-state index in [0.29, 0.717) is 23.7 Å². The molecule has 4 aliphatic rings. The van der Waals surface area contributed by atoms with Gasteiger partial charge < -0.3 is 5.11 Å². The van der Waals surface area contributed by atoms with Crippen LogP contribution < -0.4 is 0 Å². The minimum absolute atomic E-state index is 0.0879. The first-order valence-corrected chi connectivity index (χ1v) is 6.33. The summed E-state index contributed by atoms with van der Waals surface area (Å²) < 4.78 is 25.9. The van der Waals surface area contributed by atoms with E-state index in [1.807, 2.05) is 0 Å². The van der Waals surface area contributed by atoms with E-state index in [2.05, 4.69) is 12.2 Å². The van der Waals surface area contributed by atoms with Crippen molar-refractivity contribution < 1.29 is 13.9 Å². The molecule has 0 radical (unpaired) electrons. The van der Waals surface area contributed by atoms with Crippen molar-refractivity contribution in [2.45, 2.75) is 25.4 Å². The Balaban J connectivity index is 1.72. The van der Waals surface area contributed by atoms with Crippen molar-refractivity contribution in [3.05, 3.63) is 12.2 Å². The lowest BCUT2D eigenvalue weighted by Crippen LogP contribution is -2.43. The Morgan fingerprint density at radius 1 is 1.00 bits per heavy atom. The Morgan fingerprint density at radius 3 is 2.25 bits per heavy atom. The smallest absolute Gasteiger partial charge is 0.244 e. The Morgan fingerprint density at radius 2 is 1.62 bits per heavy atom. The Bertz CT molecular complexity index is 354. The first-order valence-electron chi connectivity index (χ1n) is 6.33. The quantitative estimate of drug-likeness (QED) is 0.537. The molecule has 0 aromatic rings. The molecule has 88 valence electrons. The van der Waals surface area contributed by atoms with Crippen molar-refractivity contribution in [3.8, 4) is 0 Å². The zero-order chi connectivity index (χ0) is 11.0. The number of aliphatic hydroxyl groups excluding tert-OH is 1. The maximum Gasteiger partial charge on any atom is 0.244 e. The van der Waals surface area contributed by atoms with Gasteiger partial charge in [0.2, 0.25) is 6.43 Å². The second kappa shape index (κ2) is 2.87. The molecule has 3 fully saturated rings. The molecule has 0 aliphatic heterocycles. The third-order valence-electron chi connectivity index (χ3n) is 5.73. The van der Waals surface area contributed by atoms with Gasteiger partial charge in [-0.3, -0.25) is 0 Å². The molecule has 3 saturated carbocycles. The van der Waals surface area contributed by atoms with Crippen LogP contribution in [0.15, 0.2) is 12.2 Å². The normalized spacial score (nSPS) is 61.2. The van der Waals surface area contributed by atoms with Crippen LogP contribution in [0.25, 0.3) is 0 Å². The molecule has 1 nitrogen and oxygen atoms in total. The number of allylic oxidation sites excluding steroid dienone is 2. The number of hydrogen-bond donors (Lipinski definition) is 1. The van der Waals surface area contributed by atoms with Crippen LogP contribution in [0.4, 0.5) is 8.78 Å². The lowest BCUT2D eigenvalue weighted by atomic mass is 9.68. The van der Waals surface area contributed by atoms with E-state index in [-0.39, 0.29) is 11.8 Å². The van der Waals surface area contributed by atoms with Crippen LogP contribution in [0.3, 0.4) is 0 Å². The van der Waals surface area contributed by atoms with E-state index < -0.39 is 18.4 Å². The summed E-state index contributed by atoms with van der Waals surface area (Å²) in [6.45, 7) is 0. The lowest BCUT2D eigenvalue weighted by Gasteiger charge is -2.39. The van der Waals surface area contributed by atoms with E-state index in [0.717, 1.165) is 12.8 Å². The molecule has 4 bridgehead atoms. The topological polar surface area (TPSA) is 20.2 Å². The largest absolute Gasteiger partial charge is 0.392 e. The number of halogens is 2. The van der Waals surface area contributed by atoms with Gasteiger partial charge in [-0.05, 0) is 48.3 Å². The van der Waals surface area contributed by atoms with Gasteiger partial charge in [-0.2, -0.15) is 0 Å². The van der Waals surface area contributed by atoms with Gasteiger partial charge in [0, 0.05) is 5.92 Å². The third kappa shape index (κ3) is 0.907. The van der Waals surface area contributed by atoms with Gasteiger partial charge in [0.1, 0.15) is 0 Å². The number of fused-ring (bicyclic) bond motifs is 9. The molecule has 0 saturated heterocycles. The fraction of sp³-hybridized carbons (Fsp3) is 0.846. The van der Waals surface area contributed by atoms with E-state index in [1.54, 1.807) is 0 Å². The molecule has 0 spiro atoms. The van der Waals surface area contributed by atoms with Gasteiger partial charge >= 0.3 is 0 Å². The summed E-state index contributed by atoms with van der Waals surface area (Å²) in [5, 5.41) is 10.0. The fourth-order valence-corrected chi connectivity index (χ4v) is 5.39. The van der Waals surface area contributed by atoms with Gasteiger partial charge in [-0.25, -0.2) is 8.78 Å². The second-order valence-corrected chi connectivity index (χ2v) is 6.07. The van der Waals surface area contributed by atoms with Gasteiger partial charge in [0.15, 0.2) is 0 Å². The van der Waals surface area contributed by atoms with Crippen molar-refractivity contribution in [2.75, 3.05) is 0 Å². The van der Waals surface area contributed by atoms with Crippen molar-refractivity contribution in [1.29, 1.82) is 0 Å². The van der Waals surface area contributed by atoms with Crippen LogP contribution in [0.5, 0.6) is 0 Å². The van der Waals surface area contributed by atoms with Gasteiger partial charge in [-0.15, -0.1) is 0 Å². The van der Waals surface area contributed by atoms with Crippen LogP contribution in [-0.2, 0) is 0 Å². The van der Waals surface area contributed by atoms with Crippen LogP contribution in [-0.4, -0.2) is 17.6 Å². The standard InChI is InChI=1S/C13H16F2O/c14-13(15)11-7-4-8(12(11)16)10-6-2-1-5(3-6)9(7)10/h1-2,5-13,16H,3-4H2. The molecular weight excluding hydrogens is 210 g/mol. The Hall–Kier alpha value is -0.440. The monoisotopic (exact) mass is 226 g/mol. The molecule has 4 aliphatic carbocycles. The van der Waals surface area contributed by atoms with E-state index >= 15 is 0 Å². The maximum atomic E-state index is 13.0. The summed E-state index contributed by atoms with van der Waals surface area (Å²) in [4.78, 5) is 0.